The van der Waals surface area contributed by atoms with Crippen LogP contribution in [0.3, 0.4) is 0 Å². The van der Waals surface area contributed by atoms with E-state index in [0.717, 1.165) is 12.0 Å². The zero-order valence-corrected chi connectivity index (χ0v) is 9.85. The van der Waals surface area contributed by atoms with Crippen LogP contribution in [0.1, 0.15) is 25.3 Å². The molecule has 0 aliphatic heterocycles. The minimum atomic E-state index is 0.0177. The van der Waals surface area contributed by atoms with Crippen LogP contribution in [0, 0.1) is 0 Å². The van der Waals surface area contributed by atoms with Crippen LogP contribution in [0.2, 0.25) is 0 Å². The maximum atomic E-state index is 10.9. The average molecular weight is 218 g/mol. The van der Waals surface area contributed by atoms with E-state index in [1.54, 1.807) is 14.0 Å². The molecule has 0 saturated heterocycles. The van der Waals surface area contributed by atoms with Crippen LogP contribution in [0.4, 0.5) is 0 Å². The molecule has 1 aromatic carbocycles. The third-order valence-electron chi connectivity index (χ3n) is 2.39. The predicted octanol–water partition coefficient (Wildman–Crippen LogP) is 3.08. The molecule has 1 rings (SSSR count). The number of Topliss-reactive ketones (excluding diaryl/α,β-unsaturated/α-hetero) is 1. The molecule has 0 bridgehead atoms. The second-order valence-electron chi connectivity index (χ2n) is 3.78. The van der Waals surface area contributed by atoms with Crippen molar-refractivity contribution in [3.63, 3.8) is 0 Å². The Kier molecular flexibility index (Phi) is 5.51. The summed E-state index contributed by atoms with van der Waals surface area (Å²) in [5.74, 6) is 0.204. The van der Waals surface area contributed by atoms with Crippen LogP contribution in [0.25, 0.3) is 6.08 Å². The maximum absolute atomic E-state index is 10.9. The van der Waals surface area contributed by atoms with E-state index < -0.39 is 0 Å². The van der Waals surface area contributed by atoms with E-state index in [2.05, 4.69) is 0 Å². The van der Waals surface area contributed by atoms with Gasteiger partial charge in [-0.15, -0.1) is 0 Å². The molecular weight excluding hydrogens is 200 g/mol. The Morgan fingerprint density at radius 1 is 1.38 bits per heavy atom. The van der Waals surface area contributed by atoms with Crippen molar-refractivity contribution in [2.24, 2.45) is 0 Å². The van der Waals surface area contributed by atoms with E-state index in [1.807, 2.05) is 42.5 Å². The van der Waals surface area contributed by atoms with Crippen molar-refractivity contribution in [1.82, 2.24) is 0 Å². The van der Waals surface area contributed by atoms with E-state index in [9.17, 15) is 4.79 Å². The highest BCUT2D eigenvalue weighted by Crippen LogP contribution is 2.07. The van der Waals surface area contributed by atoms with E-state index in [0.29, 0.717) is 6.42 Å². The Hall–Kier alpha value is -1.41. The lowest BCUT2D eigenvalue weighted by Crippen LogP contribution is -2.08. The lowest BCUT2D eigenvalue weighted by atomic mass is 10.1. The Labute approximate surface area is 96.9 Å². The number of benzene rings is 1. The number of rotatable bonds is 6. The highest BCUT2D eigenvalue weighted by Gasteiger charge is 2.04. The second kappa shape index (κ2) is 6.96. The van der Waals surface area contributed by atoms with Gasteiger partial charge in [-0.1, -0.05) is 42.5 Å². The van der Waals surface area contributed by atoms with Gasteiger partial charge in [-0.25, -0.2) is 0 Å². The van der Waals surface area contributed by atoms with Crippen molar-refractivity contribution >= 4 is 11.9 Å². The Bertz CT molecular complexity index is 341. The quantitative estimate of drug-likeness (QED) is 0.733. The van der Waals surface area contributed by atoms with E-state index >= 15 is 0 Å². The molecule has 0 aromatic heterocycles. The van der Waals surface area contributed by atoms with Gasteiger partial charge in [0.25, 0.3) is 0 Å². The van der Waals surface area contributed by atoms with Gasteiger partial charge in [-0.3, -0.25) is 0 Å². The minimum absolute atomic E-state index is 0.0177. The van der Waals surface area contributed by atoms with Gasteiger partial charge >= 0.3 is 0 Å². The first-order valence-corrected chi connectivity index (χ1v) is 5.48. The molecule has 0 aliphatic rings. The Morgan fingerprint density at radius 3 is 2.62 bits per heavy atom. The molecule has 0 spiro atoms. The molecule has 86 valence electrons. The number of ketones is 1. The first kappa shape index (κ1) is 12.7. The average Bonchev–Trinajstić information content (AvgIpc) is 2.30. The SMILES string of the molecule is COC(/C=C/c1ccccc1)CCC(C)=O. The van der Waals surface area contributed by atoms with Crippen LogP contribution in [-0.4, -0.2) is 19.0 Å². The normalized spacial score (nSPS) is 12.9. The van der Waals surface area contributed by atoms with Crippen molar-refractivity contribution in [2.45, 2.75) is 25.9 Å². The van der Waals surface area contributed by atoms with Gasteiger partial charge < -0.3 is 9.53 Å². The summed E-state index contributed by atoms with van der Waals surface area (Å²) in [4.78, 5) is 10.9. The summed E-state index contributed by atoms with van der Waals surface area (Å²) < 4.78 is 5.28. The number of methoxy groups -OCH3 is 1. The fourth-order valence-corrected chi connectivity index (χ4v) is 1.42. The molecule has 2 nitrogen and oxygen atoms in total. The molecular formula is C14H18O2. The van der Waals surface area contributed by atoms with Crippen molar-refractivity contribution in [3.8, 4) is 0 Å². The van der Waals surface area contributed by atoms with Crippen LogP contribution in [-0.2, 0) is 9.53 Å². The molecule has 1 unspecified atom stereocenters. The van der Waals surface area contributed by atoms with Crippen molar-refractivity contribution in [2.75, 3.05) is 7.11 Å². The van der Waals surface area contributed by atoms with Crippen LogP contribution >= 0.6 is 0 Å². The minimum Gasteiger partial charge on any atom is -0.377 e. The second-order valence-corrected chi connectivity index (χ2v) is 3.78. The van der Waals surface area contributed by atoms with Crippen molar-refractivity contribution < 1.29 is 9.53 Å². The molecule has 0 N–H and O–H groups in total. The highest BCUT2D eigenvalue weighted by molar-refractivity contribution is 5.75. The first-order valence-electron chi connectivity index (χ1n) is 5.48. The summed E-state index contributed by atoms with van der Waals surface area (Å²) in [5.41, 5.74) is 1.15. The number of carbonyl (C=O) groups excluding carboxylic acids is 1. The molecule has 0 radical (unpaired) electrons. The number of ether oxygens (including phenoxy) is 1. The molecule has 16 heavy (non-hydrogen) atoms. The Morgan fingerprint density at radius 2 is 2.06 bits per heavy atom. The number of carbonyl (C=O) groups is 1. The maximum Gasteiger partial charge on any atom is 0.129 e. The molecule has 0 fully saturated rings. The molecule has 0 aliphatic carbocycles. The zero-order chi connectivity index (χ0) is 11.8. The van der Waals surface area contributed by atoms with Gasteiger partial charge in [0.2, 0.25) is 0 Å². The summed E-state index contributed by atoms with van der Waals surface area (Å²) in [6.45, 7) is 1.60. The molecule has 1 aromatic rings. The van der Waals surface area contributed by atoms with Crippen LogP contribution < -0.4 is 0 Å². The number of hydrogen-bond donors (Lipinski definition) is 0. The Balaban J connectivity index is 2.49. The van der Waals surface area contributed by atoms with Crippen molar-refractivity contribution in [1.29, 1.82) is 0 Å². The van der Waals surface area contributed by atoms with Gasteiger partial charge in [0.1, 0.15) is 5.78 Å². The van der Waals surface area contributed by atoms with Crippen LogP contribution in [0.15, 0.2) is 36.4 Å². The molecule has 1 atom stereocenters. The summed E-state index contributed by atoms with van der Waals surface area (Å²) in [6.07, 6.45) is 5.35. The molecule has 0 amide bonds. The fraction of sp³-hybridized carbons (Fsp3) is 0.357. The molecule has 2 heteroatoms. The smallest absolute Gasteiger partial charge is 0.129 e. The molecule has 0 heterocycles. The molecule has 0 saturated carbocycles. The third kappa shape index (κ3) is 4.89. The van der Waals surface area contributed by atoms with E-state index in [1.165, 1.54) is 0 Å². The van der Waals surface area contributed by atoms with Gasteiger partial charge in [-0.2, -0.15) is 0 Å². The van der Waals surface area contributed by atoms with E-state index in [-0.39, 0.29) is 11.9 Å². The predicted molar refractivity (Wildman–Crippen MR) is 66.2 cm³/mol. The van der Waals surface area contributed by atoms with Gasteiger partial charge in [0.15, 0.2) is 0 Å². The van der Waals surface area contributed by atoms with Gasteiger partial charge in [0.05, 0.1) is 6.10 Å². The van der Waals surface area contributed by atoms with Gasteiger partial charge in [0, 0.05) is 13.5 Å². The monoisotopic (exact) mass is 218 g/mol. The van der Waals surface area contributed by atoms with Gasteiger partial charge in [-0.05, 0) is 18.9 Å². The topological polar surface area (TPSA) is 26.3 Å². The van der Waals surface area contributed by atoms with Crippen molar-refractivity contribution in [3.05, 3.63) is 42.0 Å². The van der Waals surface area contributed by atoms with Crippen LogP contribution in [0.5, 0.6) is 0 Å². The first-order chi connectivity index (χ1) is 7.72. The largest absolute Gasteiger partial charge is 0.377 e. The lowest BCUT2D eigenvalue weighted by molar-refractivity contribution is -0.117. The zero-order valence-electron chi connectivity index (χ0n) is 9.85. The fourth-order valence-electron chi connectivity index (χ4n) is 1.42. The van der Waals surface area contributed by atoms with E-state index in [4.69, 9.17) is 4.74 Å². The highest BCUT2D eigenvalue weighted by atomic mass is 16.5. The summed E-state index contributed by atoms with van der Waals surface area (Å²) >= 11 is 0. The third-order valence-corrected chi connectivity index (χ3v) is 2.39. The lowest BCUT2D eigenvalue weighted by Gasteiger charge is -2.09. The number of hydrogen-bond acceptors (Lipinski definition) is 2. The summed E-state index contributed by atoms with van der Waals surface area (Å²) in [7, 11) is 1.67. The summed E-state index contributed by atoms with van der Waals surface area (Å²) in [5, 5.41) is 0. The standard InChI is InChI=1S/C14H18O2/c1-12(15)8-10-14(16-2)11-9-13-6-4-3-5-7-13/h3-7,9,11,14H,8,10H2,1-2H3/b11-9+. The summed E-state index contributed by atoms with van der Waals surface area (Å²) in [6, 6.07) is 10.1.